The van der Waals surface area contributed by atoms with Crippen molar-refractivity contribution < 1.29 is 24.2 Å². The normalized spacial score (nSPS) is 17.7. The van der Waals surface area contributed by atoms with Gasteiger partial charge in [0.2, 0.25) is 5.91 Å². The summed E-state index contributed by atoms with van der Waals surface area (Å²) in [5.74, 6) is -0.375. The number of carbonyl (C=O) groups is 2. The van der Waals surface area contributed by atoms with Gasteiger partial charge >= 0.3 is 5.97 Å². The molecule has 0 bridgehead atoms. The van der Waals surface area contributed by atoms with E-state index in [1.807, 2.05) is 26.0 Å². The molecule has 1 aliphatic rings. The quantitative estimate of drug-likeness (QED) is 0.749. The van der Waals surface area contributed by atoms with E-state index in [-0.39, 0.29) is 25.1 Å². The molecule has 1 heterocycles. The summed E-state index contributed by atoms with van der Waals surface area (Å²) in [6.07, 6.45) is -0.187. The maximum absolute atomic E-state index is 11.6. The molecule has 0 aromatic heterocycles. The lowest BCUT2D eigenvalue weighted by atomic mass is 10.1. The van der Waals surface area contributed by atoms with Crippen molar-refractivity contribution >= 4 is 11.9 Å². The molecule has 1 atom stereocenters. The molecule has 1 saturated heterocycles. The molecule has 0 saturated carbocycles. The smallest absolute Gasteiger partial charge is 0.323 e. The fourth-order valence-corrected chi connectivity index (χ4v) is 2.96. The summed E-state index contributed by atoms with van der Waals surface area (Å²) in [4.78, 5) is 26.0. The molecule has 1 aromatic rings. The van der Waals surface area contributed by atoms with Crippen LogP contribution in [0.5, 0.6) is 5.75 Å². The predicted molar refractivity (Wildman–Crippen MR) is 97.5 cm³/mol. The summed E-state index contributed by atoms with van der Waals surface area (Å²) >= 11 is 0. The number of ether oxygens (including phenoxy) is 2. The summed E-state index contributed by atoms with van der Waals surface area (Å²) < 4.78 is 11.6. The highest BCUT2D eigenvalue weighted by Gasteiger charge is 2.24. The van der Waals surface area contributed by atoms with Gasteiger partial charge < -0.3 is 19.5 Å². The van der Waals surface area contributed by atoms with E-state index < -0.39 is 5.97 Å². The zero-order chi connectivity index (χ0) is 19.1. The van der Waals surface area contributed by atoms with Gasteiger partial charge in [0.25, 0.3) is 0 Å². The SMILES string of the molecule is CC(=O)N(CC(=O)O)CC1CN(CCOc2cc(C)ccc2C)CCO1. The van der Waals surface area contributed by atoms with Crippen molar-refractivity contribution in [3.05, 3.63) is 29.3 Å². The molecule has 1 unspecified atom stereocenters. The van der Waals surface area contributed by atoms with Crippen LogP contribution in [-0.2, 0) is 14.3 Å². The van der Waals surface area contributed by atoms with Gasteiger partial charge in [-0.25, -0.2) is 0 Å². The number of hydrogen-bond acceptors (Lipinski definition) is 5. The van der Waals surface area contributed by atoms with Gasteiger partial charge in [-0.3, -0.25) is 14.5 Å². The maximum atomic E-state index is 11.6. The first-order chi connectivity index (χ1) is 12.3. The van der Waals surface area contributed by atoms with Gasteiger partial charge in [-0.15, -0.1) is 0 Å². The fourth-order valence-electron chi connectivity index (χ4n) is 2.96. The minimum Gasteiger partial charge on any atom is -0.492 e. The Morgan fingerprint density at radius 1 is 1.38 bits per heavy atom. The molecule has 1 amide bonds. The lowest BCUT2D eigenvalue weighted by molar-refractivity contribution is -0.145. The van der Waals surface area contributed by atoms with Crippen molar-refractivity contribution in [2.24, 2.45) is 0 Å². The number of carbonyl (C=O) groups excluding carboxylic acids is 1. The highest BCUT2D eigenvalue weighted by atomic mass is 16.5. The van der Waals surface area contributed by atoms with Crippen LogP contribution in [0, 0.1) is 13.8 Å². The fraction of sp³-hybridized carbons (Fsp3) is 0.579. The number of amides is 1. The number of aliphatic carboxylic acids is 1. The van der Waals surface area contributed by atoms with E-state index in [0.717, 1.165) is 24.4 Å². The average molecular weight is 364 g/mol. The van der Waals surface area contributed by atoms with Gasteiger partial charge in [-0.05, 0) is 31.0 Å². The van der Waals surface area contributed by atoms with Crippen LogP contribution in [0.2, 0.25) is 0 Å². The molecule has 7 heteroatoms. The summed E-state index contributed by atoms with van der Waals surface area (Å²) in [6.45, 7) is 8.77. The molecule has 144 valence electrons. The van der Waals surface area contributed by atoms with E-state index in [2.05, 4.69) is 11.0 Å². The number of benzene rings is 1. The molecule has 0 radical (unpaired) electrons. The molecule has 0 aliphatic carbocycles. The number of carboxylic acid groups (broad SMARTS) is 1. The van der Waals surface area contributed by atoms with Gasteiger partial charge in [-0.1, -0.05) is 12.1 Å². The Balaban J connectivity index is 1.81. The second kappa shape index (κ2) is 9.54. The topological polar surface area (TPSA) is 79.3 Å². The van der Waals surface area contributed by atoms with E-state index in [1.54, 1.807) is 0 Å². The van der Waals surface area contributed by atoms with Gasteiger partial charge in [0.05, 0.1) is 12.7 Å². The first-order valence-corrected chi connectivity index (χ1v) is 8.86. The minimum absolute atomic E-state index is 0.187. The van der Waals surface area contributed by atoms with E-state index in [4.69, 9.17) is 14.6 Å². The molecule has 1 fully saturated rings. The molecule has 1 aliphatic heterocycles. The molecule has 0 spiro atoms. The molecule has 26 heavy (non-hydrogen) atoms. The number of morpholine rings is 1. The Labute approximate surface area is 154 Å². The average Bonchev–Trinajstić information content (AvgIpc) is 2.57. The Hall–Kier alpha value is -2.12. The highest BCUT2D eigenvalue weighted by Crippen LogP contribution is 2.19. The molecule has 1 aromatic carbocycles. The van der Waals surface area contributed by atoms with Crippen molar-refractivity contribution in [2.45, 2.75) is 26.9 Å². The summed E-state index contributed by atoms with van der Waals surface area (Å²) in [7, 11) is 0. The highest BCUT2D eigenvalue weighted by molar-refractivity contribution is 5.79. The molecular formula is C19H28N2O5. The Kier molecular flexibility index (Phi) is 7.41. The minimum atomic E-state index is -1.02. The third-order valence-corrected chi connectivity index (χ3v) is 4.43. The standard InChI is InChI=1S/C19H28N2O5/c1-14-4-5-15(2)18(10-14)26-9-7-20-6-8-25-17(11-20)12-21(16(3)22)13-19(23)24/h4-5,10,17H,6-9,11-13H2,1-3H3,(H,23,24). The number of carboxylic acids is 1. The third kappa shape index (κ3) is 6.31. The lowest BCUT2D eigenvalue weighted by Crippen LogP contribution is -2.50. The zero-order valence-electron chi connectivity index (χ0n) is 15.7. The van der Waals surface area contributed by atoms with Crippen LogP contribution in [0.15, 0.2) is 18.2 Å². The number of nitrogens with zero attached hydrogens (tertiary/aromatic N) is 2. The first kappa shape index (κ1) is 20.2. The maximum Gasteiger partial charge on any atom is 0.323 e. The van der Waals surface area contributed by atoms with Crippen LogP contribution >= 0.6 is 0 Å². The third-order valence-electron chi connectivity index (χ3n) is 4.43. The number of rotatable bonds is 8. The molecular weight excluding hydrogens is 336 g/mol. The van der Waals surface area contributed by atoms with Crippen molar-refractivity contribution in [1.82, 2.24) is 9.80 Å². The van der Waals surface area contributed by atoms with Crippen molar-refractivity contribution in [3.63, 3.8) is 0 Å². The second-order valence-electron chi connectivity index (χ2n) is 6.70. The Morgan fingerprint density at radius 3 is 2.85 bits per heavy atom. The lowest BCUT2D eigenvalue weighted by Gasteiger charge is -2.35. The van der Waals surface area contributed by atoms with Crippen LogP contribution in [0.3, 0.4) is 0 Å². The summed E-state index contributed by atoms with van der Waals surface area (Å²) in [6, 6.07) is 6.15. The number of aryl methyl sites for hydroxylation is 2. The monoisotopic (exact) mass is 364 g/mol. The van der Waals surface area contributed by atoms with Crippen LogP contribution < -0.4 is 4.74 Å². The molecule has 7 nitrogen and oxygen atoms in total. The molecule has 2 rings (SSSR count). The van der Waals surface area contributed by atoms with E-state index in [1.165, 1.54) is 17.4 Å². The van der Waals surface area contributed by atoms with Gasteiger partial charge in [-0.2, -0.15) is 0 Å². The predicted octanol–water partition coefficient (Wildman–Crippen LogP) is 1.32. The van der Waals surface area contributed by atoms with E-state index in [9.17, 15) is 9.59 Å². The van der Waals surface area contributed by atoms with E-state index in [0.29, 0.717) is 19.8 Å². The van der Waals surface area contributed by atoms with Gasteiger partial charge in [0.1, 0.15) is 18.9 Å². The van der Waals surface area contributed by atoms with Crippen LogP contribution in [0.1, 0.15) is 18.1 Å². The van der Waals surface area contributed by atoms with Crippen molar-refractivity contribution in [2.75, 3.05) is 45.9 Å². The van der Waals surface area contributed by atoms with Crippen molar-refractivity contribution in [3.8, 4) is 5.75 Å². The number of hydrogen-bond donors (Lipinski definition) is 1. The van der Waals surface area contributed by atoms with E-state index >= 15 is 0 Å². The Bertz CT molecular complexity index is 634. The zero-order valence-corrected chi connectivity index (χ0v) is 15.7. The van der Waals surface area contributed by atoms with Crippen LogP contribution in [0.25, 0.3) is 0 Å². The second-order valence-corrected chi connectivity index (χ2v) is 6.70. The van der Waals surface area contributed by atoms with Gasteiger partial charge in [0, 0.05) is 33.1 Å². The van der Waals surface area contributed by atoms with Gasteiger partial charge in [0.15, 0.2) is 0 Å². The van der Waals surface area contributed by atoms with Crippen LogP contribution in [-0.4, -0.2) is 78.8 Å². The summed E-state index contributed by atoms with van der Waals surface area (Å²) in [5.41, 5.74) is 2.28. The van der Waals surface area contributed by atoms with Crippen LogP contribution in [0.4, 0.5) is 0 Å². The first-order valence-electron chi connectivity index (χ1n) is 8.86. The summed E-state index contributed by atoms with van der Waals surface area (Å²) in [5, 5.41) is 8.92. The Morgan fingerprint density at radius 2 is 2.15 bits per heavy atom. The largest absolute Gasteiger partial charge is 0.492 e. The van der Waals surface area contributed by atoms with Crippen molar-refractivity contribution in [1.29, 1.82) is 0 Å². The molecule has 1 N–H and O–H groups in total.